The van der Waals surface area contributed by atoms with Crippen LogP contribution in [0.5, 0.6) is 0 Å². The van der Waals surface area contributed by atoms with E-state index < -0.39 is 0 Å². The van der Waals surface area contributed by atoms with Crippen LogP contribution in [0.1, 0.15) is 44.4 Å². The van der Waals surface area contributed by atoms with Crippen molar-refractivity contribution in [3.8, 4) is 0 Å². The highest BCUT2D eigenvalue weighted by atomic mass is 16.3. The maximum atomic E-state index is 5.82. The quantitative estimate of drug-likeness (QED) is 0.822. The molecule has 1 aromatic heterocycles. The standard InChI is InChI=1S/C13H22N2O/c1-10(13-7-4-8-16-13)15-12-6-3-2-5-11(12)9-14/h4,7-8,10-12,15H,2-3,5-6,9,14H2,1H3/t10-,11?,12?/m0/s1. The summed E-state index contributed by atoms with van der Waals surface area (Å²) in [6, 6.07) is 4.80. The molecule has 1 aliphatic carbocycles. The van der Waals surface area contributed by atoms with Crippen molar-refractivity contribution < 1.29 is 4.42 Å². The minimum absolute atomic E-state index is 0.284. The molecule has 3 nitrogen and oxygen atoms in total. The van der Waals surface area contributed by atoms with Crippen LogP contribution >= 0.6 is 0 Å². The molecule has 3 heteroatoms. The lowest BCUT2D eigenvalue weighted by Crippen LogP contribution is -2.42. The molecular formula is C13H22N2O. The van der Waals surface area contributed by atoms with Gasteiger partial charge in [0.2, 0.25) is 0 Å². The van der Waals surface area contributed by atoms with Crippen molar-refractivity contribution >= 4 is 0 Å². The third kappa shape index (κ3) is 2.66. The average molecular weight is 222 g/mol. The molecule has 0 spiro atoms. The van der Waals surface area contributed by atoms with Crippen LogP contribution < -0.4 is 11.1 Å². The van der Waals surface area contributed by atoms with Crippen LogP contribution in [0, 0.1) is 5.92 Å². The van der Waals surface area contributed by atoms with E-state index in [1.54, 1.807) is 6.26 Å². The van der Waals surface area contributed by atoms with E-state index in [1.165, 1.54) is 25.7 Å². The number of nitrogens with one attached hydrogen (secondary N) is 1. The largest absolute Gasteiger partial charge is 0.468 e. The fourth-order valence-electron chi connectivity index (χ4n) is 2.65. The lowest BCUT2D eigenvalue weighted by atomic mass is 9.84. The van der Waals surface area contributed by atoms with Gasteiger partial charge in [0.15, 0.2) is 0 Å². The third-order valence-electron chi connectivity index (χ3n) is 3.65. The fourth-order valence-corrected chi connectivity index (χ4v) is 2.65. The molecule has 1 aromatic rings. The monoisotopic (exact) mass is 222 g/mol. The first-order valence-corrected chi connectivity index (χ1v) is 6.30. The molecule has 1 fully saturated rings. The van der Waals surface area contributed by atoms with E-state index in [9.17, 15) is 0 Å². The van der Waals surface area contributed by atoms with Gasteiger partial charge in [0, 0.05) is 6.04 Å². The zero-order valence-electron chi connectivity index (χ0n) is 9.99. The molecule has 0 aliphatic heterocycles. The van der Waals surface area contributed by atoms with Gasteiger partial charge < -0.3 is 15.5 Å². The van der Waals surface area contributed by atoms with Gasteiger partial charge in [-0.05, 0) is 44.4 Å². The van der Waals surface area contributed by atoms with Crippen LogP contribution in [-0.2, 0) is 0 Å². The molecular weight excluding hydrogens is 200 g/mol. The first kappa shape index (κ1) is 11.7. The van der Waals surface area contributed by atoms with E-state index in [4.69, 9.17) is 10.2 Å². The summed E-state index contributed by atoms with van der Waals surface area (Å²) < 4.78 is 5.41. The van der Waals surface area contributed by atoms with Gasteiger partial charge in [-0.3, -0.25) is 0 Å². The first-order valence-electron chi connectivity index (χ1n) is 6.30. The molecule has 1 heterocycles. The Bertz CT molecular complexity index is 297. The Morgan fingerprint density at radius 2 is 2.31 bits per heavy atom. The van der Waals surface area contributed by atoms with E-state index in [0.717, 1.165) is 12.3 Å². The van der Waals surface area contributed by atoms with Gasteiger partial charge in [-0.25, -0.2) is 0 Å². The van der Waals surface area contributed by atoms with Gasteiger partial charge in [-0.2, -0.15) is 0 Å². The zero-order valence-corrected chi connectivity index (χ0v) is 9.99. The number of furan rings is 1. The Morgan fingerprint density at radius 3 is 3.00 bits per heavy atom. The molecule has 0 saturated heterocycles. The summed E-state index contributed by atoms with van der Waals surface area (Å²) >= 11 is 0. The van der Waals surface area contributed by atoms with Crippen LogP contribution in [0.15, 0.2) is 22.8 Å². The Hall–Kier alpha value is -0.800. The second-order valence-electron chi connectivity index (χ2n) is 4.79. The number of rotatable bonds is 4. The van der Waals surface area contributed by atoms with Crippen molar-refractivity contribution in [3.63, 3.8) is 0 Å². The van der Waals surface area contributed by atoms with Crippen LogP contribution in [-0.4, -0.2) is 12.6 Å². The van der Waals surface area contributed by atoms with E-state index in [1.807, 2.05) is 12.1 Å². The molecule has 90 valence electrons. The highest BCUT2D eigenvalue weighted by molar-refractivity contribution is 5.03. The average Bonchev–Trinajstić information content (AvgIpc) is 2.83. The summed E-state index contributed by atoms with van der Waals surface area (Å²) in [5.74, 6) is 1.65. The van der Waals surface area contributed by atoms with E-state index >= 15 is 0 Å². The van der Waals surface area contributed by atoms with Crippen molar-refractivity contribution in [3.05, 3.63) is 24.2 Å². The van der Waals surface area contributed by atoms with Crippen LogP contribution in [0.4, 0.5) is 0 Å². The molecule has 3 N–H and O–H groups in total. The topological polar surface area (TPSA) is 51.2 Å². The van der Waals surface area contributed by atoms with Crippen molar-refractivity contribution in [2.75, 3.05) is 6.54 Å². The number of hydrogen-bond donors (Lipinski definition) is 2. The van der Waals surface area contributed by atoms with Crippen molar-refractivity contribution in [1.82, 2.24) is 5.32 Å². The van der Waals surface area contributed by atoms with Crippen molar-refractivity contribution in [2.24, 2.45) is 11.7 Å². The highest BCUT2D eigenvalue weighted by Crippen LogP contribution is 2.26. The smallest absolute Gasteiger partial charge is 0.120 e. The summed E-state index contributed by atoms with van der Waals surface area (Å²) in [6.07, 6.45) is 6.88. The fraction of sp³-hybridized carbons (Fsp3) is 0.692. The lowest BCUT2D eigenvalue weighted by molar-refractivity contribution is 0.243. The molecule has 0 bridgehead atoms. The third-order valence-corrected chi connectivity index (χ3v) is 3.65. The molecule has 16 heavy (non-hydrogen) atoms. The highest BCUT2D eigenvalue weighted by Gasteiger charge is 2.25. The summed E-state index contributed by atoms with van der Waals surface area (Å²) in [4.78, 5) is 0. The van der Waals surface area contributed by atoms with Gasteiger partial charge in [0.1, 0.15) is 5.76 Å². The van der Waals surface area contributed by atoms with Crippen LogP contribution in [0.2, 0.25) is 0 Å². The Kier molecular flexibility index (Phi) is 4.02. The van der Waals surface area contributed by atoms with Gasteiger partial charge in [-0.1, -0.05) is 12.8 Å². The van der Waals surface area contributed by atoms with Crippen molar-refractivity contribution in [1.29, 1.82) is 0 Å². The van der Waals surface area contributed by atoms with E-state index in [0.29, 0.717) is 12.0 Å². The molecule has 0 amide bonds. The summed E-state index contributed by atoms with van der Waals surface area (Å²) in [6.45, 7) is 2.95. The number of nitrogens with two attached hydrogens (primary N) is 1. The molecule has 2 rings (SSSR count). The molecule has 0 aromatic carbocycles. The predicted octanol–water partition coefficient (Wildman–Crippen LogP) is 2.45. The van der Waals surface area contributed by atoms with Crippen molar-refractivity contribution in [2.45, 2.75) is 44.7 Å². The molecule has 0 radical (unpaired) electrons. The van der Waals surface area contributed by atoms with E-state index in [2.05, 4.69) is 12.2 Å². The zero-order chi connectivity index (χ0) is 11.4. The summed E-state index contributed by atoms with van der Waals surface area (Å²) in [5, 5.41) is 3.65. The van der Waals surface area contributed by atoms with Gasteiger partial charge >= 0.3 is 0 Å². The minimum atomic E-state index is 0.284. The molecule has 3 atom stereocenters. The second-order valence-corrected chi connectivity index (χ2v) is 4.79. The van der Waals surface area contributed by atoms with E-state index in [-0.39, 0.29) is 6.04 Å². The normalized spacial score (nSPS) is 27.9. The second kappa shape index (κ2) is 5.51. The molecule has 2 unspecified atom stereocenters. The first-order chi connectivity index (χ1) is 7.81. The Labute approximate surface area is 97.4 Å². The lowest BCUT2D eigenvalue weighted by Gasteiger charge is -2.33. The summed E-state index contributed by atoms with van der Waals surface area (Å²) in [5.41, 5.74) is 5.82. The minimum Gasteiger partial charge on any atom is -0.468 e. The SMILES string of the molecule is C[C@H](NC1CCCCC1CN)c1ccco1. The Balaban J connectivity index is 1.92. The van der Waals surface area contributed by atoms with Gasteiger partial charge in [0.05, 0.1) is 12.3 Å². The maximum absolute atomic E-state index is 5.82. The molecule has 1 saturated carbocycles. The predicted molar refractivity (Wildman–Crippen MR) is 65.1 cm³/mol. The van der Waals surface area contributed by atoms with Gasteiger partial charge in [-0.15, -0.1) is 0 Å². The van der Waals surface area contributed by atoms with Gasteiger partial charge in [0.25, 0.3) is 0 Å². The van der Waals surface area contributed by atoms with Crippen LogP contribution in [0.3, 0.4) is 0 Å². The Morgan fingerprint density at radius 1 is 1.50 bits per heavy atom. The van der Waals surface area contributed by atoms with Crippen LogP contribution in [0.25, 0.3) is 0 Å². The molecule has 1 aliphatic rings. The summed E-state index contributed by atoms with van der Waals surface area (Å²) in [7, 11) is 0. The maximum Gasteiger partial charge on any atom is 0.120 e. The number of hydrogen-bond acceptors (Lipinski definition) is 3.